The summed E-state index contributed by atoms with van der Waals surface area (Å²) in [5, 5.41) is 8.56. The van der Waals surface area contributed by atoms with E-state index in [2.05, 4.69) is 16.0 Å². The molecule has 0 aromatic heterocycles. The zero-order valence-electron chi connectivity index (χ0n) is 25.7. The van der Waals surface area contributed by atoms with Crippen LogP contribution in [0.4, 0.5) is 4.79 Å². The number of carbonyl (C=O) groups excluding carboxylic acids is 4. The third kappa shape index (κ3) is 8.66. The number of hydrogen-bond donors (Lipinski definition) is 3. The molecule has 4 aromatic rings. The minimum atomic E-state index is -1.11. The molecular weight excluding hydrogens is 566 g/mol. The van der Waals surface area contributed by atoms with Gasteiger partial charge >= 0.3 is 6.09 Å². The molecule has 0 heterocycles. The van der Waals surface area contributed by atoms with Gasteiger partial charge in [-0.15, -0.1) is 0 Å². The van der Waals surface area contributed by atoms with E-state index in [0.29, 0.717) is 11.8 Å². The molecule has 2 atom stereocenters. The number of aldehydes is 1. The maximum atomic E-state index is 13.7. The van der Waals surface area contributed by atoms with Crippen molar-refractivity contribution in [2.75, 3.05) is 0 Å². The van der Waals surface area contributed by atoms with E-state index in [4.69, 9.17) is 4.74 Å². The van der Waals surface area contributed by atoms with Crippen LogP contribution in [-0.2, 0) is 24.7 Å². The highest BCUT2D eigenvalue weighted by atomic mass is 16.6. The average Bonchev–Trinajstić information content (AvgIpc) is 3.05. The lowest BCUT2D eigenvalue weighted by Gasteiger charge is -2.37. The maximum absolute atomic E-state index is 13.7. The van der Waals surface area contributed by atoms with E-state index < -0.39 is 35.2 Å². The monoisotopic (exact) mass is 605 g/mol. The number of rotatable bonds is 12. The first-order valence-electron chi connectivity index (χ1n) is 14.9. The lowest BCUT2D eigenvalue weighted by atomic mass is 9.77. The number of amides is 3. The molecule has 8 heteroatoms. The van der Waals surface area contributed by atoms with Crippen molar-refractivity contribution in [3.8, 4) is 0 Å². The van der Waals surface area contributed by atoms with Crippen molar-refractivity contribution in [1.82, 2.24) is 16.0 Å². The van der Waals surface area contributed by atoms with E-state index in [9.17, 15) is 19.2 Å². The number of alkyl carbamates (subject to hydrolysis) is 1. The molecule has 0 aliphatic carbocycles. The summed E-state index contributed by atoms with van der Waals surface area (Å²) in [5.41, 5.74) is 1.35. The number of carbonyl (C=O) groups is 4. The van der Waals surface area contributed by atoms with Crippen LogP contribution in [-0.4, -0.2) is 35.8 Å². The molecule has 8 nitrogen and oxygen atoms in total. The summed E-state index contributed by atoms with van der Waals surface area (Å²) in [4.78, 5) is 51.8. The summed E-state index contributed by atoms with van der Waals surface area (Å²) in [6.45, 7) is 5.17. The zero-order valence-corrected chi connectivity index (χ0v) is 25.7. The van der Waals surface area contributed by atoms with Gasteiger partial charge in [0.1, 0.15) is 23.5 Å². The molecule has 232 valence electrons. The Morgan fingerprint density at radius 1 is 0.689 bits per heavy atom. The van der Waals surface area contributed by atoms with Gasteiger partial charge in [-0.2, -0.15) is 0 Å². The largest absolute Gasteiger partial charge is 0.444 e. The van der Waals surface area contributed by atoms with Gasteiger partial charge in [-0.1, -0.05) is 121 Å². The quantitative estimate of drug-likeness (QED) is 0.139. The summed E-state index contributed by atoms with van der Waals surface area (Å²) in [6, 6.07) is 35.7. The van der Waals surface area contributed by atoms with Gasteiger partial charge in [-0.05, 0) is 49.4 Å². The van der Waals surface area contributed by atoms with Crippen molar-refractivity contribution in [2.45, 2.75) is 56.8 Å². The second-order valence-corrected chi connectivity index (χ2v) is 11.7. The Balaban J connectivity index is 1.53. The molecule has 0 radical (unpaired) electrons. The Kier molecular flexibility index (Phi) is 10.9. The fourth-order valence-electron chi connectivity index (χ4n) is 5.15. The molecule has 0 saturated carbocycles. The third-order valence-corrected chi connectivity index (χ3v) is 7.18. The molecule has 0 aliphatic heterocycles. The van der Waals surface area contributed by atoms with Crippen LogP contribution in [0.3, 0.4) is 0 Å². The van der Waals surface area contributed by atoms with Crippen LogP contribution in [0.1, 0.15) is 61.9 Å². The van der Waals surface area contributed by atoms with Crippen molar-refractivity contribution >= 4 is 24.2 Å². The van der Waals surface area contributed by atoms with Gasteiger partial charge in [0, 0.05) is 6.42 Å². The lowest BCUT2D eigenvalue weighted by Crippen LogP contribution is -2.49. The van der Waals surface area contributed by atoms with Crippen LogP contribution in [0.2, 0.25) is 0 Å². The van der Waals surface area contributed by atoms with Crippen molar-refractivity contribution in [3.05, 3.63) is 144 Å². The molecule has 4 rings (SSSR count). The summed E-state index contributed by atoms with van der Waals surface area (Å²) in [6.07, 6.45) is -0.177. The molecule has 0 spiro atoms. The van der Waals surface area contributed by atoms with Crippen LogP contribution >= 0.6 is 0 Å². The van der Waals surface area contributed by atoms with E-state index in [-0.39, 0.29) is 18.7 Å². The van der Waals surface area contributed by atoms with Crippen LogP contribution in [0.5, 0.6) is 0 Å². The Morgan fingerprint density at radius 2 is 1.13 bits per heavy atom. The molecule has 3 amide bonds. The second kappa shape index (κ2) is 15.0. The molecular formula is C37H39N3O5. The number of nitrogens with one attached hydrogen (secondary N) is 3. The van der Waals surface area contributed by atoms with Crippen LogP contribution in [0.15, 0.2) is 121 Å². The molecule has 0 bridgehead atoms. The van der Waals surface area contributed by atoms with Gasteiger partial charge in [-0.25, -0.2) is 4.79 Å². The van der Waals surface area contributed by atoms with E-state index in [1.165, 1.54) is 0 Å². The molecule has 0 fully saturated rings. The highest BCUT2D eigenvalue weighted by molar-refractivity contribution is 5.89. The van der Waals surface area contributed by atoms with E-state index in [0.717, 1.165) is 16.7 Å². The molecule has 0 saturated heterocycles. The predicted molar refractivity (Wildman–Crippen MR) is 173 cm³/mol. The van der Waals surface area contributed by atoms with Crippen molar-refractivity contribution in [3.63, 3.8) is 0 Å². The Hall–Kier alpha value is -5.24. The van der Waals surface area contributed by atoms with E-state index >= 15 is 0 Å². The first-order chi connectivity index (χ1) is 21.6. The third-order valence-electron chi connectivity index (χ3n) is 7.18. The van der Waals surface area contributed by atoms with Gasteiger partial charge < -0.3 is 25.5 Å². The van der Waals surface area contributed by atoms with Gasteiger partial charge in [0.05, 0.1) is 6.04 Å². The van der Waals surface area contributed by atoms with E-state index in [1.807, 2.05) is 91.0 Å². The fraction of sp³-hybridized carbons (Fsp3) is 0.243. The normalized spacial score (nSPS) is 12.7. The van der Waals surface area contributed by atoms with E-state index in [1.54, 1.807) is 51.1 Å². The van der Waals surface area contributed by atoms with Crippen LogP contribution in [0.25, 0.3) is 0 Å². The lowest BCUT2D eigenvalue weighted by molar-refractivity contribution is -0.127. The van der Waals surface area contributed by atoms with Crippen molar-refractivity contribution in [1.29, 1.82) is 0 Å². The zero-order chi connectivity index (χ0) is 32.3. The molecule has 0 aliphatic rings. The van der Waals surface area contributed by atoms with Gasteiger partial charge in [-0.3, -0.25) is 9.59 Å². The van der Waals surface area contributed by atoms with Crippen LogP contribution in [0, 0.1) is 0 Å². The average molecular weight is 606 g/mol. The van der Waals surface area contributed by atoms with Crippen LogP contribution < -0.4 is 16.0 Å². The number of hydrogen-bond acceptors (Lipinski definition) is 5. The Bertz CT molecular complexity index is 1460. The number of benzene rings is 4. The topological polar surface area (TPSA) is 114 Å². The molecule has 3 N–H and O–H groups in total. The highest BCUT2D eigenvalue weighted by Gasteiger charge is 2.38. The standard InChI is InChI=1S/C37H39N3O5/c1-36(2,3)45-35(44)39-33(27-16-8-4-9-17-27)34(43)38-31(26-41)24-25-32(42)40-37(28-18-10-5-11-19-28,29-20-12-6-13-21-29)30-22-14-7-15-23-30/h4-23,26,31,33H,24-25H2,1-3H3,(H,38,43)(H,39,44)(H,40,42)/t31?,33-/m0/s1. The van der Waals surface area contributed by atoms with Gasteiger partial charge in [0.15, 0.2) is 0 Å². The molecule has 1 unspecified atom stereocenters. The smallest absolute Gasteiger partial charge is 0.408 e. The summed E-state index contributed by atoms with van der Waals surface area (Å²) in [5.74, 6) is -0.907. The SMILES string of the molecule is CC(C)(C)OC(=O)N[C@H](C(=O)NC(C=O)CCC(=O)NC(c1ccccc1)(c1ccccc1)c1ccccc1)c1ccccc1. The summed E-state index contributed by atoms with van der Waals surface area (Å²) >= 11 is 0. The van der Waals surface area contributed by atoms with Gasteiger partial charge in [0.25, 0.3) is 0 Å². The summed E-state index contributed by atoms with van der Waals surface area (Å²) in [7, 11) is 0. The molecule has 45 heavy (non-hydrogen) atoms. The van der Waals surface area contributed by atoms with Crippen molar-refractivity contribution < 1.29 is 23.9 Å². The molecule has 4 aromatic carbocycles. The first-order valence-corrected chi connectivity index (χ1v) is 14.9. The Morgan fingerprint density at radius 3 is 1.56 bits per heavy atom. The first kappa shape index (κ1) is 32.7. The second-order valence-electron chi connectivity index (χ2n) is 11.7. The maximum Gasteiger partial charge on any atom is 0.408 e. The predicted octanol–water partition coefficient (Wildman–Crippen LogP) is 5.82. The van der Waals surface area contributed by atoms with Gasteiger partial charge in [0.2, 0.25) is 11.8 Å². The number of ether oxygens (including phenoxy) is 1. The Labute approximate surface area is 264 Å². The fourth-order valence-corrected chi connectivity index (χ4v) is 5.15. The highest BCUT2D eigenvalue weighted by Crippen LogP contribution is 2.37. The minimum absolute atomic E-state index is 0.0451. The minimum Gasteiger partial charge on any atom is -0.444 e. The summed E-state index contributed by atoms with van der Waals surface area (Å²) < 4.78 is 5.35. The van der Waals surface area contributed by atoms with Crippen molar-refractivity contribution in [2.24, 2.45) is 0 Å².